The molecule has 11 heteroatoms. The summed E-state index contributed by atoms with van der Waals surface area (Å²) in [6.07, 6.45) is 0. The highest BCUT2D eigenvalue weighted by molar-refractivity contribution is 5.99. The van der Waals surface area contributed by atoms with Crippen LogP contribution in [0.1, 0.15) is 10.4 Å². The van der Waals surface area contributed by atoms with Crippen LogP contribution in [0.5, 0.6) is 11.5 Å². The predicted molar refractivity (Wildman–Crippen MR) is 82.3 cm³/mol. The maximum absolute atomic E-state index is 12.5. The van der Waals surface area contributed by atoms with Gasteiger partial charge < -0.3 is 19.7 Å². The molecule has 1 aliphatic heterocycles. The molecule has 1 amide bonds. The number of rotatable bonds is 5. The number of carbonyl (C=O) groups is 1. The van der Waals surface area contributed by atoms with Gasteiger partial charge in [-0.3, -0.25) is 14.9 Å². The summed E-state index contributed by atoms with van der Waals surface area (Å²) < 4.78 is 33.9. The van der Waals surface area contributed by atoms with Crippen molar-refractivity contribution in [3.8, 4) is 11.5 Å². The molecule has 1 N–H and O–H groups in total. The van der Waals surface area contributed by atoms with E-state index in [9.17, 15) is 23.7 Å². The molecule has 24 heavy (non-hydrogen) atoms. The van der Waals surface area contributed by atoms with E-state index in [-0.39, 0.29) is 23.7 Å². The molecule has 0 aliphatic carbocycles. The van der Waals surface area contributed by atoms with E-state index in [2.05, 4.69) is 10.1 Å². The summed E-state index contributed by atoms with van der Waals surface area (Å²) in [5.41, 5.74) is -0.833. The lowest BCUT2D eigenvalue weighted by atomic mass is 10.1. The number of benzene rings is 1. The van der Waals surface area contributed by atoms with Crippen LogP contribution in [0, 0.1) is 10.1 Å². The van der Waals surface area contributed by atoms with E-state index >= 15 is 0 Å². The van der Waals surface area contributed by atoms with Crippen LogP contribution >= 0.6 is 12.4 Å². The average molecular weight is 368 g/mol. The van der Waals surface area contributed by atoms with Gasteiger partial charge in [0.1, 0.15) is 5.56 Å². The second-order valence-corrected chi connectivity index (χ2v) is 4.70. The minimum absolute atomic E-state index is 0. The number of alkyl halides is 2. The zero-order chi connectivity index (χ0) is 17.0. The van der Waals surface area contributed by atoms with Gasteiger partial charge in [0, 0.05) is 32.2 Å². The van der Waals surface area contributed by atoms with Crippen molar-refractivity contribution < 1.29 is 28.0 Å². The van der Waals surface area contributed by atoms with Gasteiger partial charge in [-0.05, 0) is 0 Å². The summed E-state index contributed by atoms with van der Waals surface area (Å²) in [5, 5.41) is 14.2. The molecule has 134 valence electrons. The zero-order valence-electron chi connectivity index (χ0n) is 12.7. The highest BCUT2D eigenvalue weighted by atomic mass is 35.5. The lowest BCUT2D eigenvalue weighted by Crippen LogP contribution is -2.46. The van der Waals surface area contributed by atoms with Crippen molar-refractivity contribution in [2.75, 3.05) is 33.3 Å². The zero-order valence-corrected chi connectivity index (χ0v) is 13.5. The third-order valence-electron chi connectivity index (χ3n) is 3.33. The van der Waals surface area contributed by atoms with Crippen molar-refractivity contribution in [3.05, 3.63) is 27.8 Å². The Kier molecular flexibility index (Phi) is 7.11. The summed E-state index contributed by atoms with van der Waals surface area (Å²) in [4.78, 5) is 24.3. The number of carbonyl (C=O) groups excluding carboxylic acids is 1. The first-order valence-corrected chi connectivity index (χ1v) is 6.75. The van der Waals surface area contributed by atoms with E-state index in [0.29, 0.717) is 26.2 Å². The summed E-state index contributed by atoms with van der Waals surface area (Å²) in [6, 6.07) is 1.83. The molecule has 0 spiro atoms. The number of amides is 1. The Balaban J connectivity index is 0.00000288. The molecule has 1 aromatic rings. The molecular formula is C13H16ClF2N3O5. The van der Waals surface area contributed by atoms with Crippen molar-refractivity contribution in [2.45, 2.75) is 6.61 Å². The van der Waals surface area contributed by atoms with Gasteiger partial charge in [0.25, 0.3) is 11.6 Å². The molecule has 0 unspecified atom stereocenters. The fraction of sp³-hybridized carbons (Fsp3) is 0.462. The van der Waals surface area contributed by atoms with Gasteiger partial charge in [0.05, 0.1) is 18.1 Å². The quantitative estimate of drug-likeness (QED) is 0.628. The van der Waals surface area contributed by atoms with Crippen molar-refractivity contribution in [3.63, 3.8) is 0 Å². The SMILES string of the molecule is COc1cc(C(=O)N2CCNCC2)c([N+](=O)[O-])cc1OC(F)F.Cl. The maximum atomic E-state index is 12.5. The van der Waals surface area contributed by atoms with Gasteiger partial charge in [0.15, 0.2) is 11.5 Å². The Bertz CT molecular complexity index is 612. The predicted octanol–water partition coefficient (Wildman–Crippen LogP) is 1.67. The van der Waals surface area contributed by atoms with Gasteiger partial charge in [-0.25, -0.2) is 0 Å². The molecule has 1 heterocycles. The third-order valence-corrected chi connectivity index (χ3v) is 3.33. The molecule has 2 rings (SSSR count). The molecule has 0 bridgehead atoms. The molecule has 1 saturated heterocycles. The first-order valence-electron chi connectivity index (χ1n) is 6.75. The third kappa shape index (κ3) is 4.42. The first-order chi connectivity index (χ1) is 10.9. The second kappa shape index (κ2) is 8.60. The fourth-order valence-electron chi connectivity index (χ4n) is 2.26. The maximum Gasteiger partial charge on any atom is 0.387 e. The van der Waals surface area contributed by atoms with Crippen molar-refractivity contribution in [1.82, 2.24) is 10.2 Å². The van der Waals surface area contributed by atoms with Gasteiger partial charge in [-0.15, -0.1) is 12.4 Å². The number of ether oxygens (including phenoxy) is 2. The van der Waals surface area contributed by atoms with Crippen molar-refractivity contribution in [2.24, 2.45) is 0 Å². The number of piperazine rings is 1. The Morgan fingerprint density at radius 3 is 2.46 bits per heavy atom. The van der Waals surface area contributed by atoms with Gasteiger partial charge >= 0.3 is 6.61 Å². The largest absolute Gasteiger partial charge is 0.493 e. The van der Waals surface area contributed by atoms with E-state index < -0.39 is 28.9 Å². The molecule has 1 aromatic carbocycles. The van der Waals surface area contributed by atoms with E-state index in [1.807, 2.05) is 0 Å². The Hall–Kier alpha value is -2.20. The lowest BCUT2D eigenvalue weighted by molar-refractivity contribution is -0.385. The molecular weight excluding hydrogens is 352 g/mol. The van der Waals surface area contributed by atoms with Crippen molar-refractivity contribution in [1.29, 1.82) is 0 Å². The van der Waals surface area contributed by atoms with Crippen molar-refractivity contribution >= 4 is 24.0 Å². The minimum Gasteiger partial charge on any atom is -0.493 e. The number of nitro groups is 1. The monoisotopic (exact) mass is 367 g/mol. The number of nitrogens with one attached hydrogen (secondary N) is 1. The summed E-state index contributed by atoms with van der Waals surface area (Å²) in [7, 11) is 1.19. The summed E-state index contributed by atoms with van der Waals surface area (Å²) in [5.74, 6) is -1.22. The highest BCUT2D eigenvalue weighted by Gasteiger charge is 2.29. The second-order valence-electron chi connectivity index (χ2n) is 4.70. The molecule has 0 atom stereocenters. The summed E-state index contributed by atoms with van der Waals surface area (Å²) >= 11 is 0. The number of nitrogens with zero attached hydrogens (tertiary/aromatic N) is 2. The summed E-state index contributed by atoms with van der Waals surface area (Å²) in [6.45, 7) is -1.23. The number of hydrogen-bond acceptors (Lipinski definition) is 6. The number of hydrogen-bond donors (Lipinski definition) is 1. The van der Waals surface area contributed by atoms with Crippen LogP contribution in [0.2, 0.25) is 0 Å². The van der Waals surface area contributed by atoms with Gasteiger partial charge in [-0.1, -0.05) is 0 Å². The fourth-order valence-corrected chi connectivity index (χ4v) is 2.26. The minimum atomic E-state index is -3.17. The first kappa shape index (κ1) is 19.8. The molecule has 0 aromatic heterocycles. The van der Waals surface area contributed by atoms with E-state index in [0.717, 1.165) is 12.1 Å². The highest BCUT2D eigenvalue weighted by Crippen LogP contribution is 2.36. The van der Waals surface area contributed by atoms with Crippen LogP contribution < -0.4 is 14.8 Å². The van der Waals surface area contributed by atoms with Gasteiger partial charge in [0.2, 0.25) is 0 Å². The molecule has 8 nitrogen and oxygen atoms in total. The van der Waals surface area contributed by atoms with E-state index in [1.54, 1.807) is 0 Å². The smallest absolute Gasteiger partial charge is 0.387 e. The van der Waals surface area contributed by atoms with Crippen LogP contribution in [0.4, 0.5) is 14.5 Å². The average Bonchev–Trinajstić information content (AvgIpc) is 2.54. The normalized spacial score (nSPS) is 14.1. The van der Waals surface area contributed by atoms with Crippen LogP contribution in [-0.2, 0) is 0 Å². The number of nitro benzene ring substituents is 1. The Morgan fingerprint density at radius 1 is 1.33 bits per heavy atom. The molecule has 1 aliphatic rings. The molecule has 1 fully saturated rings. The van der Waals surface area contributed by atoms with E-state index in [4.69, 9.17) is 4.74 Å². The molecule has 0 radical (unpaired) electrons. The number of halogens is 3. The lowest BCUT2D eigenvalue weighted by Gasteiger charge is -2.27. The van der Waals surface area contributed by atoms with Gasteiger partial charge in [-0.2, -0.15) is 8.78 Å². The Labute approximate surface area is 142 Å². The van der Waals surface area contributed by atoms with Crippen LogP contribution in [0.15, 0.2) is 12.1 Å². The standard InChI is InChI=1S/C13H15F2N3O5.ClH/c1-22-10-6-8(12(19)17-4-2-16-3-5-17)9(18(20)21)7-11(10)23-13(14)15;/h6-7,13,16H,2-5H2,1H3;1H. The molecule has 0 saturated carbocycles. The van der Waals surface area contributed by atoms with Crippen LogP contribution in [-0.4, -0.2) is 55.6 Å². The van der Waals surface area contributed by atoms with Crippen LogP contribution in [0.3, 0.4) is 0 Å². The van der Waals surface area contributed by atoms with Crippen LogP contribution in [0.25, 0.3) is 0 Å². The topological polar surface area (TPSA) is 93.9 Å². The van der Waals surface area contributed by atoms with E-state index in [1.165, 1.54) is 12.0 Å². The Morgan fingerprint density at radius 2 is 1.96 bits per heavy atom. The number of methoxy groups -OCH3 is 1.